The second-order valence-electron chi connectivity index (χ2n) is 6.07. The molecule has 23 heavy (non-hydrogen) atoms. The van der Waals surface area contributed by atoms with Crippen LogP contribution in [0.2, 0.25) is 0 Å². The molecule has 3 rings (SSSR count). The van der Waals surface area contributed by atoms with Gasteiger partial charge in [0, 0.05) is 17.8 Å². The highest BCUT2D eigenvalue weighted by atomic mass is 16.5. The maximum Gasteiger partial charge on any atom is 0.322 e. The Kier molecular flexibility index (Phi) is 4.37. The lowest BCUT2D eigenvalue weighted by molar-refractivity contribution is 0.206. The van der Waals surface area contributed by atoms with E-state index >= 15 is 0 Å². The van der Waals surface area contributed by atoms with Crippen molar-refractivity contribution in [3.05, 3.63) is 46.8 Å². The molecule has 1 aromatic heterocycles. The van der Waals surface area contributed by atoms with Crippen molar-refractivity contribution in [3.63, 3.8) is 0 Å². The summed E-state index contributed by atoms with van der Waals surface area (Å²) in [6.07, 6.45) is 2.94. The Morgan fingerprint density at radius 3 is 2.70 bits per heavy atom. The van der Waals surface area contributed by atoms with Crippen LogP contribution in [0.4, 0.5) is 10.5 Å². The van der Waals surface area contributed by atoms with Gasteiger partial charge >= 0.3 is 6.03 Å². The Hall–Kier alpha value is -2.30. The van der Waals surface area contributed by atoms with Gasteiger partial charge in [-0.2, -0.15) is 0 Å². The zero-order valence-corrected chi connectivity index (χ0v) is 13.9. The molecule has 0 aliphatic carbocycles. The van der Waals surface area contributed by atoms with Crippen molar-refractivity contribution in [3.8, 4) is 0 Å². The van der Waals surface area contributed by atoms with E-state index in [1.54, 1.807) is 0 Å². The zero-order chi connectivity index (χ0) is 16.4. The van der Waals surface area contributed by atoms with Crippen molar-refractivity contribution < 1.29 is 9.32 Å². The first-order chi connectivity index (χ1) is 11.1. The normalized spacial score (nSPS) is 17.5. The standard InChI is InChI=1S/C18H23N3O2/c1-4-14-7-9-15(10-8-14)19-18(22)21-11-5-6-16(21)17-12(2)20-23-13(17)3/h7-10,16H,4-6,11H2,1-3H3,(H,19,22)/t16-/m0/s1. The van der Waals surface area contributed by atoms with Gasteiger partial charge in [0.05, 0.1) is 11.7 Å². The predicted molar refractivity (Wildman–Crippen MR) is 89.5 cm³/mol. The van der Waals surface area contributed by atoms with Gasteiger partial charge in [0.25, 0.3) is 0 Å². The molecule has 5 heteroatoms. The Balaban J connectivity index is 1.75. The fourth-order valence-electron chi connectivity index (χ4n) is 3.29. The summed E-state index contributed by atoms with van der Waals surface area (Å²) in [5.74, 6) is 0.805. The van der Waals surface area contributed by atoms with Crippen molar-refractivity contribution in [2.24, 2.45) is 0 Å². The number of benzene rings is 1. The van der Waals surface area contributed by atoms with Crippen LogP contribution in [0.5, 0.6) is 0 Å². The largest absolute Gasteiger partial charge is 0.361 e. The fourth-order valence-corrected chi connectivity index (χ4v) is 3.29. The molecule has 0 bridgehead atoms. The molecule has 1 atom stereocenters. The van der Waals surface area contributed by atoms with Gasteiger partial charge in [0.15, 0.2) is 0 Å². The van der Waals surface area contributed by atoms with E-state index in [-0.39, 0.29) is 12.1 Å². The third-order valence-electron chi connectivity index (χ3n) is 4.55. The molecule has 122 valence electrons. The summed E-state index contributed by atoms with van der Waals surface area (Å²) in [4.78, 5) is 14.6. The van der Waals surface area contributed by atoms with E-state index in [0.717, 1.165) is 48.5 Å². The maximum atomic E-state index is 12.7. The predicted octanol–water partition coefficient (Wildman–Crippen LogP) is 4.22. The molecule has 1 N–H and O–H groups in total. The number of amides is 2. The van der Waals surface area contributed by atoms with Crippen LogP contribution in [-0.4, -0.2) is 22.6 Å². The van der Waals surface area contributed by atoms with Gasteiger partial charge in [-0.25, -0.2) is 4.79 Å². The number of nitrogens with one attached hydrogen (secondary N) is 1. The van der Waals surface area contributed by atoms with Crippen LogP contribution in [0.3, 0.4) is 0 Å². The summed E-state index contributed by atoms with van der Waals surface area (Å²) < 4.78 is 5.27. The van der Waals surface area contributed by atoms with Crippen LogP contribution in [0, 0.1) is 13.8 Å². The Morgan fingerprint density at radius 1 is 1.35 bits per heavy atom. The van der Waals surface area contributed by atoms with Gasteiger partial charge in [-0.1, -0.05) is 24.2 Å². The van der Waals surface area contributed by atoms with Crippen LogP contribution in [0.25, 0.3) is 0 Å². The summed E-state index contributed by atoms with van der Waals surface area (Å²) in [5.41, 5.74) is 4.02. The van der Waals surface area contributed by atoms with Crippen LogP contribution in [-0.2, 0) is 6.42 Å². The molecule has 1 saturated heterocycles. The molecular weight excluding hydrogens is 290 g/mol. The molecule has 2 aromatic rings. The summed E-state index contributed by atoms with van der Waals surface area (Å²) in [5, 5.41) is 7.03. The number of urea groups is 1. The number of anilines is 1. The SMILES string of the molecule is CCc1ccc(NC(=O)N2CCC[C@H]2c2c(C)noc2C)cc1. The minimum Gasteiger partial charge on any atom is -0.361 e. The average Bonchev–Trinajstić information content (AvgIpc) is 3.14. The minimum atomic E-state index is -0.0586. The summed E-state index contributed by atoms with van der Waals surface area (Å²) in [6.45, 7) is 6.72. The van der Waals surface area contributed by atoms with E-state index in [4.69, 9.17) is 4.52 Å². The molecule has 2 amide bonds. The van der Waals surface area contributed by atoms with Crippen molar-refractivity contribution in [2.45, 2.75) is 46.1 Å². The van der Waals surface area contributed by atoms with Gasteiger partial charge < -0.3 is 14.7 Å². The van der Waals surface area contributed by atoms with Crippen molar-refractivity contribution in [1.29, 1.82) is 0 Å². The Labute approximate surface area is 136 Å². The molecule has 0 unspecified atom stereocenters. The molecule has 0 radical (unpaired) electrons. The molecule has 2 heterocycles. The maximum absolute atomic E-state index is 12.7. The van der Waals surface area contributed by atoms with Crippen LogP contribution >= 0.6 is 0 Å². The molecule has 0 spiro atoms. The van der Waals surface area contributed by atoms with Crippen LogP contribution < -0.4 is 5.32 Å². The van der Waals surface area contributed by atoms with Crippen LogP contribution in [0.15, 0.2) is 28.8 Å². The van der Waals surface area contributed by atoms with Gasteiger partial charge in [0.1, 0.15) is 5.76 Å². The smallest absolute Gasteiger partial charge is 0.322 e. The number of hydrogen-bond acceptors (Lipinski definition) is 3. The van der Waals surface area contributed by atoms with E-state index < -0.39 is 0 Å². The molecule has 5 nitrogen and oxygen atoms in total. The van der Waals surface area contributed by atoms with Gasteiger partial charge in [-0.15, -0.1) is 0 Å². The highest BCUT2D eigenvalue weighted by Gasteiger charge is 2.33. The molecule has 1 aliphatic heterocycles. The average molecular weight is 313 g/mol. The van der Waals surface area contributed by atoms with E-state index in [0.29, 0.717) is 0 Å². The van der Waals surface area contributed by atoms with E-state index in [9.17, 15) is 4.79 Å². The zero-order valence-electron chi connectivity index (χ0n) is 13.9. The number of nitrogens with zero attached hydrogens (tertiary/aromatic N) is 2. The lowest BCUT2D eigenvalue weighted by atomic mass is 10.0. The molecule has 0 saturated carbocycles. The number of aromatic nitrogens is 1. The third kappa shape index (κ3) is 3.09. The number of aryl methyl sites for hydroxylation is 3. The third-order valence-corrected chi connectivity index (χ3v) is 4.55. The molecule has 1 aromatic carbocycles. The van der Waals surface area contributed by atoms with Crippen molar-refractivity contribution in [1.82, 2.24) is 10.1 Å². The summed E-state index contributed by atoms with van der Waals surface area (Å²) in [6, 6.07) is 8.00. The Morgan fingerprint density at radius 2 is 2.09 bits per heavy atom. The molecule has 1 fully saturated rings. The first-order valence-corrected chi connectivity index (χ1v) is 8.19. The second-order valence-corrected chi connectivity index (χ2v) is 6.07. The van der Waals surface area contributed by atoms with Crippen LogP contribution in [0.1, 0.15) is 48.4 Å². The number of carbonyl (C=O) groups is 1. The van der Waals surface area contributed by atoms with Gasteiger partial charge in [0.2, 0.25) is 0 Å². The highest BCUT2D eigenvalue weighted by molar-refractivity contribution is 5.89. The fraction of sp³-hybridized carbons (Fsp3) is 0.444. The monoisotopic (exact) mass is 313 g/mol. The van der Waals surface area contributed by atoms with E-state index in [2.05, 4.69) is 17.4 Å². The first-order valence-electron chi connectivity index (χ1n) is 8.19. The number of hydrogen-bond donors (Lipinski definition) is 1. The lowest BCUT2D eigenvalue weighted by Gasteiger charge is -2.25. The quantitative estimate of drug-likeness (QED) is 0.923. The van der Waals surface area contributed by atoms with Crippen molar-refractivity contribution >= 4 is 11.7 Å². The molecule has 1 aliphatic rings. The lowest BCUT2D eigenvalue weighted by Crippen LogP contribution is -2.34. The van der Waals surface area contributed by atoms with Crippen molar-refractivity contribution in [2.75, 3.05) is 11.9 Å². The highest BCUT2D eigenvalue weighted by Crippen LogP contribution is 2.35. The van der Waals surface area contributed by atoms with E-state index in [1.807, 2.05) is 43.0 Å². The van der Waals surface area contributed by atoms with E-state index in [1.165, 1.54) is 5.56 Å². The summed E-state index contributed by atoms with van der Waals surface area (Å²) in [7, 11) is 0. The van der Waals surface area contributed by atoms with Gasteiger partial charge in [-0.3, -0.25) is 0 Å². The topological polar surface area (TPSA) is 58.4 Å². The number of likely N-dealkylation sites (tertiary alicyclic amines) is 1. The Bertz CT molecular complexity index is 671. The van der Waals surface area contributed by atoms with Gasteiger partial charge in [-0.05, 0) is 50.8 Å². The minimum absolute atomic E-state index is 0.0520. The number of carbonyl (C=O) groups excluding carboxylic acids is 1. The second kappa shape index (κ2) is 6.44. The first kappa shape index (κ1) is 15.6. The number of rotatable bonds is 3. The molecular formula is C18H23N3O2. The summed E-state index contributed by atoms with van der Waals surface area (Å²) >= 11 is 0.